The zero-order valence-corrected chi connectivity index (χ0v) is 24.2. The number of methoxy groups -OCH3 is 1. The maximum absolute atomic E-state index is 13.4. The molecule has 41 heavy (non-hydrogen) atoms. The van der Waals surface area contributed by atoms with Gasteiger partial charge < -0.3 is 24.8 Å². The van der Waals surface area contributed by atoms with Gasteiger partial charge in [0.25, 0.3) is 11.8 Å². The number of ether oxygens (including phenoxy) is 1. The van der Waals surface area contributed by atoms with E-state index in [9.17, 15) is 22.8 Å². The number of likely N-dealkylation sites (N-methyl/N-ethyl adjacent to an activating group) is 1. The Morgan fingerprint density at radius 3 is 2.49 bits per heavy atom. The largest absolute Gasteiger partial charge is 0.465 e. The second kappa shape index (κ2) is 11.0. The molecule has 2 amide bonds. The van der Waals surface area contributed by atoms with Gasteiger partial charge in [-0.05, 0) is 68.4 Å². The van der Waals surface area contributed by atoms with Crippen LogP contribution in [0.5, 0.6) is 0 Å². The lowest BCUT2D eigenvalue weighted by molar-refractivity contribution is -0.110. The summed E-state index contributed by atoms with van der Waals surface area (Å²) in [4.78, 5) is 45.5. The Labute approximate surface area is 238 Å². The van der Waals surface area contributed by atoms with Crippen molar-refractivity contribution in [3.8, 4) is 0 Å². The first kappa shape index (κ1) is 28.3. The molecule has 0 aliphatic carbocycles. The number of aryl methyl sites for hydroxylation is 1. The molecule has 11 heteroatoms. The maximum atomic E-state index is 13.4. The van der Waals surface area contributed by atoms with Crippen LogP contribution in [0.1, 0.15) is 48.8 Å². The van der Waals surface area contributed by atoms with Gasteiger partial charge in [-0.25, -0.2) is 13.2 Å². The van der Waals surface area contributed by atoms with E-state index in [1.54, 1.807) is 30.3 Å². The van der Waals surface area contributed by atoms with E-state index < -0.39 is 15.8 Å². The Balaban J connectivity index is 1.45. The van der Waals surface area contributed by atoms with Crippen molar-refractivity contribution in [2.45, 2.75) is 24.5 Å². The van der Waals surface area contributed by atoms with E-state index in [2.05, 4.69) is 15.2 Å². The molecule has 2 aromatic carbocycles. The zero-order valence-electron chi connectivity index (χ0n) is 23.4. The van der Waals surface area contributed by atoms with Gasteiger partial charge in [0.05, 0.1) is 34.5 Å². The van der Waals surface area contributed by atoms with Crippen LogP contribution in [0.15, 0.2) is 47.4 Å². The Bertz CT molecular complexity index is 1700. The fourth-order valence-electron chi connectivity index (χ4n) is 5.26. The number of sulfone groups is 1. The smallest absolute Gasteiger partial charge is 0.337 e. The summed E-state index contributed by atoms with van der Waals surface area (Å²) in [7, 11) is -0.523. The molecule has 0 spiro atoms. The molecule has 1 saturated heterocycles. The maximum Gasteiger partial charge on any atom is 0.337 e. The third kappa shape index (κ3) is 5.55. The minimum atomic E-state index is -3.82. The number of amides is 2. The number of nitrogens with one attached hydrogen (secondary N) is 2. The fraction of sp³-hybridized carbons (Fsp3) is 0.300. The lowest BCUT2D eigenvalue weighted by atomic mass is 10.0. The van der Waals surface area contributed by atoms with Crippen LogP contribution in [0, 0.1) is 13.8 Å². The van der Waals surface area contributed by atoms with Crippen LogP contribution >= 0.6 is 0 Å². The van der Waals surface area contributed by atoms with E-state index in [1.165, 1.54) is 25.3 Å². The number of rotatable bonds is 6. The molecule has 3 heterocycles. The average Bonchev–Trinajstić information content (AvgIpc) is 3.41. The van der Waals surface area contributed by atoms with Crippen molar-refractivity contribution in [3.63, 3.8) is 0 Å². The fourth-order valence-corrected chi connectivity index (χ4v) is 6.62. The number of benzene rings is 2. The van der Waals surface area contributed by atoms with Gasteiger partial charge in [0.2, 0.25) is 0 Å². The highest BCUT2D eigenvalue weighted by Crippen LogP contribution is 2.36. The number of hydrogen-bond donors (Lipinski definition) is 2. The zero-order chi connectivity index (χ0) is 29.5. The molecule has 10 nitrogen and oxygen atoms in total. The first-order valence-electron chi connectivity index (χ1n) is 13.2. The molecule has 0 bridgehead atoms. The number of nitrogens with zero attached hydrogens (tertiary/aromatic N) is 2. The van der Waals surface area contributed by atoms with Gasteiger partial charge >= 0.3 is 5.97 Å². The van der Waals surface area contributed by atoms with Crippen LogP contribution in [0.3, 0.4) is 0 Å². The van der Waals surface area contributed by atoms with E-state index in [0.29, 0.717) is 52.4 Å². The van der Waals surface area contributed by atoms with Crippen molar-refractivity contribution < 1.29 is 27.5 Å². The number of H-pyrrole nitrogens is 1. The molecular weight excluding hydrogens is 544 g/mol. The Hall–Kier alpha value is -4.22. The number of aromatic amines is 1. The number of aromatic nitrogens is 1. The van der Waals surface area contributed by atoms with Crippen LogP contribution in [0.25, 0.3) is 11.6 Å². The summed E-state index contributed by atoms with van der Waals surface area (Å²) in [5.74, 6) is -1.29. The highest BCUT2D eigenvalue weighted by molar-refractivity contribution is 7.90. The highest BCUT2D eigenvalue weighted by Gasteiger charge is 2.29. The van der Waals surface area contributed by atoms with Crippen LogP contribution < -0.4 is 5.32 Å². The van der Waals surface area contributed by atoms with Gasteiger partial charge in [-0.3, -0.25) is 9.59 Å². The Morgan fingerprint density at radius 2 is 1.78 bits per heavy atom. The van der Waals surface area contributed by atoms with E-state index in [1.807, 2.05) is 25.8 Å². The molecule has 1 aromatic heterocycles. The molecule has 2 N–H and O–H groups in total. The topological polar surface area (TPSA) is 129 Å². The molecule has 0 unspecified atom stereocenters. The van der Waals surface area contributed by atoms with Crippen molar-refractivity contribution in [2.24, 2.45) is 0 Å². The summed E-state index contributed by atoms with van der Waals surface area (Å²) in [6.07, 6.45) is 1.67. The average molecular weight is 577 g/mol. The number of carbonyl (C=O) groups is 3. The summed E-state index contributed by atoms with van der Waals surface area (Å²) in [5, 5.41) is 2.79. The molecule has 0 atom stereocenters. The number of hydrogen-bond acceptors (Lipinski definition) is 7. The van der Waals surface area contributed by atoms with Gasteiger partial charge in [0.1, 0.15) is 0 Å². The van der Waals surface area contributed by atoms with Gasteiger partial charge in [-0.2, -0.15) is 0 Å². The number of carbonyl (C=O) groups excluding carboxylic acids is 3. The van der Waals surface area contributed by atoms with Crippen molar-refractivity contribution in [1.82, 2.24) is 14.8 Å². The van der Waals surface area contributed by atoms with Crippen molar-refractivity contribution >= 4 is 45.0 Å². The molecule has 0 saturated carbocycles. The quantitative estimate of drug-likeness (QED) is 0.340. The van der Waals surface area contributed by atoms with Crippen molar-refractivity contribution in [2.75, 3.05) is 45.7 Å². The van der Waals surface area contributed by atoms with E-state index in [0.717, 1.165) is 18.7 Å². The van der Waals surface area contributed by atoms with Gasteiger partial charge in [0.15, 0.2) is 9.84 Å². The van der Waals surface area contributed by atoms with Gasteiger partial charge in [-0.1, -0.05) is 12.1 Å². The second-order valence-electron chi connectivity index (χ2n) is 10.4. The number of anilines is 1. The van der Waals surface area contributed by atoms with Crippen LogP contribution in [0.4, 0.5) is 5.69 Å². The Kier molecular flexibility index (Phi) is 7.58. The molecular formula is C30H32N4O6S. The van der Waals surface area contributed by atoms with Crippen LogP contribution in [-0.2, 0) is 25.1 Å². The monoisotopic (exact) mass is 576 g/mol. The highest BCUT2D eigenvalue weighted by atomic mass is 32.2. The number of fused-ring (bicyclic) bond motifs is 1. The first-order valence-corrected chi connectivity index (χ1v) is 14.9. The predicted molar refractivity (Wildman–Crippen MR) is 155 cm³/mol. The number of esters is 1. The summed E-state index contributed by atoms with van der Waals surface area (Å²) in [6.45, 7) is 6.59. The molecule has 1 fully saturated rings. The van der Waals surface area contributed by atoms with E-state index >= 15 is 0 Å². The minimum Gasteiger partial charge on any atom is -0.465 e. The lowest BCUT2D eigenvalue weighted by Crippen LogP contribution is -2.47. The molecule has 3 aromatic rings. The molecule has 2 aliphatic rings. The number of piperazine rings is 1. The first-order chi connectivity index (χ1) is 19.5. The molecule has 0 radical (unpaired) electrons. The summed E-state index contributed by atoms with van der Waals surface area (Å²) >= 11 is 0. The Morgan fingerprint density at radius 1 is 1.05 bits per heavy atom. The predicted octanol–water partition coefficient (Wildman–Crippen LogP) is 3.27. The lowest BCUT2D eigenvalue weighted by Gasteiger charge is -2.32. The van der Waals surface area contributed by atoms with E-state index in [4.69, 9.17) is 4.74 Å². The SMILES string of the molecule is COC(=O)c1cccc(CS(=O)(=O)c2ccc3c(c2)/C(=C/c2[nH]c(C)c(C(=O)N4CCN(C)CC4)c2C)C(=O)N3)c1. The third-order valence-corrected chi connectivity index (χ3v) is 9.29. The van der Waals surface area contributed by atoms with Crippen molar-refractivity contribution in [3.05, 3.63) is 81.7 Å². The molecule has 214 valence electrons. The van der Waals surface area contributed by atoms with Gasteiger partial charge in [-0.15, -0.1) is 0 Å². The summed E-state index contributed by atoms with van der Waals surface area (Å²) in [6, 6.07) is 10.8. The third-order valence-electron chi connectivity index (χ3n) is 7.61. The summed E-state index contributed by atoms with van der Waals surface area (Å²) < 4.78 is 31.4. The standard InChI is InChI=1S/C30H32N4O6S/c1-18-26(31-19(2)27(18)29(36)34-12-10-33(3)11-13-34)16-24-23-15-22(8-9-25(23)32-28(24)35)41(38,39)17-20-6-5-7-21(14-20)30(37)40-4/h5-9,14-16,31H,10-13,17H2,1-4H3,(H,32,35)/b24-16-. The summed E-state index contributed by atoms with van der Waals surface area (Å²) in [5.41, 5.74) is 4.60. The van der Waals surface area contributed by atoms with Gasteiger partial charge in [0, 0.05) is 48.8 Å². The normalized spacial score (nSPS) is 16.5. The van der Waals surface area contributed by atoms with Crippen molar-refractivity contribution in [1.29, 1.82) is 0 Å². The van der Waals surface area contributed by atoms with E-state index in [-0.39, 0.29) is 28.0 Å². The van der Waals surface area contributed by atoms with Crippen LogP contribution in [-0.4, -0.2) is 81.3 Å². The molecule has 2 aliphatic heterocycles. The second-order valence-corrected chi connectivity index (χ2v) is 12.4. The molecule has 5 rings (SSSR count). The van der Waals surface area contributed by atoms with Crippen LogP contribution in [0.2, 0.25) is 0 Å². The minimum absolute atomic E-state index is 0.0464.